The number of hydrogen-bond donors (Lipinski definition) is 0. The number of nitrogens with zero attached hydrogens (tertiary/aromatic N) is 4. The third-order valence-corrected chi connectivity index (χ3v) is 4.87. The van der Waals surface area contributed by atoms with Crippen LogP contribution < -0.4 is 4.90 Å². The molecule has 0 aliphatic carbocycles. The van der Waals surface area contributed by atoms with E-state index in [1.807, 2.05) is 6.92 Å². The van der Waals surface area contributed by atoms with E-state index in [-0.39, 0.29) is 18.3 Å². The first-order valence-electron chi connectivity index (χ1n) is 7.72. The average molecular weight is 427 g/mol. The smallest absolute Gasteiger partial charge is 0.293 e. The van der Waals surface area contributed by atoms with Gasteiger partial charge in [0.2, 0.25) is 0 Å². The van der Waals surface area contributed by atoms with Gasteiger partial charge in [-0.15, -0.1) is 0 Å². The lowest BCUT2D eigenvalue weighted by atomic mass is 10.2. The van der Waals surface area contributed by atoms with Crippen LogP contribution in [0.1, 0.15) is 28.5 Å². The SMILES string of the molecule is CCN(C(=O)c1ccn2nc(C)c(Br)c2c1)c1ccc(C(F)(F)F)cn1. The lowest BCUT2D eigenvalue weighted by molar-refractivity contribution is -0.137. The number of alkyl halides is 3. The zero-order valence-corrected chi connectivity index (χ0v) is 15.5. The molecule has 0 radical (unpaired) electrons. The van der Waals surface area contributed by atoms with Crippen molar-refractivity contribution in [2.45, 2.75) is 20.0 Å². The van der Waals surface area contributed by atoms with Crippen molar-refractivity contribution >= 4 is 33.2 Å². The Balaban J connectivity index is 1.95. The molecule has 3 aromatic heterocycles. The highest BCUT2D eigenvalue weighted by Gasteiger charge is 2.31. The number of carbonyl (C=O) groups excluding carboxylic acids is 1. The predicted octanol–water partition coefficient (Wildman–Crippen LogP) is 4.49. The number of fused-ring (bicyclic) bond motifs is 1. The van der Waals surface area contributed by atoms with E-state index < -0.39 is 11.7 Å². The lowest BCUT2D eigenvalue weighted by Gasteiger charge is -2.20. The molecule has 0 bridgehead atoms. The van der Waals surface area contributed by atoms with E-state index in [1.165, 1.54) is 11.0 Å². The van der Waals surface area contributed by atoms with Crippen molar-refractivity contribution < 1.29 is 18.0 Å². The van der Waals surface area contributed by atoms with Gasteiger partial charge in [0.25, 0.3) is 5.91 Å². The molecule has 0 fully saturated rings. The Morgan fingerprint density at radius 1 is 1.31 bits per heavy atom. The maximum Gasteiger partial charge on any atom is 0.417 e. The fourth-order valence-corrected chi connectivity index (χ4v) is 2.92. The zero-order chi connectivity index (χ0) is 19.1. The summed E-state index contributed by atoms with van der Waals surface area (Å²) in [6, 6.07) is 5.40. The number of aromatic nitrogens is 3. The van der Waals surface area contributed by atoms with Crippen LogP contribution in [-0.2, 0) is 6.18 Å². The molecule has 26 heavy (non-hydrogen) atoms. The first kappa shape index (κ1) is 18.4. The molecule has 0 saturated heterocycles. The number of aryl methyl sites for hydroxylation is 1. The van der Waals surface area contributed by atoms with Crippen molar-refractivity contribution in [3.05, 3.63) is 58.0 Å². The summed E-state index contributed by atoms with van der Waals surface area (Å²) in [5.74, 6) is -0.192. The number of carbonyl (C=O) groups is 1. The van der Waals surface area contributed by atoms with E-state index in [1.54, 1.807) is 29.8 Å². The lowest BCUT2D eigenvalue weighted by Crippen LogP contribution is -2.31. The van der Waals surface area contributed by atoms with Crippen LogP contribution in [0.25, 0.3) is 5.52 Å². The Bertz CT molecular complexity index is 967. The largest absolute Gasteiger partial charge is 0.417 e. The molecular formula is C17H14BrF3N4O. The third kappa shape index (κ3) is 3.31. The number of anilines is 1. The van der Waals surface area contributed by atoms with Gasteiger partial charge in [0.1, 0.15) is 5.82 Å². The number of hydrogen-bond acceptors (Lipinski definition) is 3. The molecule has 1 amide bonds. The van der Waals surface area contributed by atoms with Crippen molar-refractivity contribution in [1.82, 2.24) is 14.6 Å². The minimum Gasteiger partial charge on any atom is -0.293 e. The van der Waals surface area contributed by atoms with Crippen LogP contribution in [0.5, 0.6) is 0 Å². The normalized spacial score (nSPS) is 11.8. The quantitative estimate of drug-likeness (QED) is 0.619. The molecule has 5 nitrogen and oxygen atoms in total. The van der Waals surface area contributed by atoms with Gasteiger partial charge in [0.15, 0.2) is 0 Å². The number of amides is 1. The molecule has 0 saturated carbocycles. The summed E-state index contributed by atoms with van der Waals surface area (Å²) in [5.41, 5.74) is 1.04. The van der Waals surface area contributed by atoms with Crippen LogP contribution >= 0.6 is 15.9 Å². The van der Waals surface area contributed by atoms with Gasteiger partial charge in [-0.3, -0.25) is 9.69 Å². The van der Waals surface area contributed by atoms with E-state index in [0.29, 0.717) is 5.56 Å². The maximum absolute atomic E-state index is 12.8. The molecule has 0 spiro atoms. The molecule has 9 heteroatoms. The van der Waals surface area contributed by atoms with Crippen LogP contribution in [0.2, 0.25) is 0 Å². The Morgan fingerprint density at radius 2 is 2.04 bits per heavy atom. The maximum atomic E-state index is 12.8. The molecule has 3 heterocycles. The molecule has 3 rings (SSSR count). The average Bonchev–Trinajstić information content (AvgIpc) is 2.89. The van der Waals surface area contributed by atoms with E-state index in [9.17, 15) is 18.0 Å². The van der Waals surface area contributed by atoms with Gasteiger partial charge in [-0.25, -0.2) is 9.50 Å². The summed E-state index contributed by atoms with van der Waals surface area (Å²) in [4.78, 5) is 18.0. The summed E-state index contributed by atoms with van der Waals surface area (Å²) in [6.07, 6.45) is -2.08. The van der Waals surface area contributed by atoms with Gasteiger partial charge in [0.05, 0.1) is 21.2 Å². The fourth-order valence-electron chi connectivity index (χ4n) is 2.55. The number of pyridine rings is 2. The highest BCUT2D eigenvalue weighted by molar-refractivity contribution is 9.10. The van der Waals surface area contributed by atoms with Crippen LogP contribution in [0, 0.1) is 6.92 Å². The van der Waals surface area contributed by atoms with Gasteiger partial charge in [-0.1, -0.05) is 0 Å². The van der Waals surface area contributed by atoms with Gasteiger partial charge >= 0.3 is 6.18 Å². The molecule has 0 N–H and O–H groups in total. The Hall–Kier alpha value is -2.42. The predicted molar refractivity (Wildman–Crippen MR) is 94.2 cm³/mol. The van der Waals surface area contributed by atoms with E-state index in [0.717, 1.165) is 27.9 Å². The summed E-state index contributed by atoms with van der Waals surface area (Å²) in [6.45, 7) is 3.83. The topological polar surface area (TPSA) is 50.5 Å². The molecule has 0 aliphatic rings. The van der Waals surface area contributed by atoms with E-state index in [2.05, 4.69) is 26.0 Å². The van der Waals surface area contributed by atoms with Crippen molar-refractivity contribution in [2.24, 2.45) is 0 Å². The Kier molecular flexibility index (Phi) is 4.74. The monoisotopic (exact) mass is 426 g/mol. The number of rotatable bonds is 3. The van der Waals surface area contributed by atoms with Gasteiger partial charge in [-0.05, 0) is 54.0 Å². The highest BCUT2D eigenvalue weighted by atomic mass is 79.9. The van der Waals surface area contributed by atoms with Crippen LogP contribution in [0.3, 0.4) is 0 Å². The second-order valence-corrected chi connectivity index (χ2v) is 6.39. The second-order valence-electron chi connectivity index (χ2n) is 5.60. The first-order chi connectivity index (χ1) is 12.2. The van der Waals surface area contributed by atoms with Crippen LogP contribution in [0.4, 0.5) is 19.0 Å². The molecular weight excluding hydrogens is 413 g/mol. The fraction of sp³-hybridized carbons (Fsp3) is 0.235. The number of halogens is 4. The molecule has 0 atom stereocenters. The minimum absolute atomic E-state index is 0.161. The van der Waals surface area contributed by atoms with Gasteiger partial charge in [-0.2, -0.15) is 18.3 Å². The van der Waals surface area contributed by atoms with Gasteiger partial charge < -0.3 is 0 Å². The molecule has 3 aromatic rings. The molecule has 0 aliphatic heterocycles. The summed E-state index contributed by atoms with van der Waals surface area (Å²) in [7, 11) is 0. The molecule has 0 unspecified atom stereocenters. The second kappa shape index (κ2) is 6.71. The Morgan fingerprint density at radius 3 is 2.62 bits per heavy atom. The van der Waals surface area contributed by atoms with E-state index >= 15 is 0 Å². The third-order valence-electron chi connectivity index (χ3n) is 3.89. The van der Waals surface area contributed by atoms with Crippen molar-refractivity contribution in [1.29, 1.82) is 0 Å². The summed E-state index contributed by atoms with van der Waals surface area (Å²) >= 11 is 3.43. The van der Waals surface area contributed by atoms with Crippen molar-refractivity contribution in [2.75, 3.05) is 11.4 Å². The zero-order valence-electron chi connectivity index (χ0n) is 13.9. The van der Waals surface area contributed by atoms with Crippen LogP contribution in [0.15, 0.2) is 41.1 Å². The highest BCUT2D eigenvalue weighted by Crippen LogP contribution is 2.30. The van der Waals surface area contributed by atoms with Crippen LogP contribution in [-0.4, -0.2) is 27.0 Å². The summed E-state index contributed by atoms with van der Waals surface area (Å²) < 4.78 is 40.5. The minimum atomic E-state index is -4.47. The molecule has 136 valence electrons. The Labute approximate surface area is 155 Å². The standard InChI is InChI=1S/C17H14BrF3N4O/c1-3-24(14-5-4-12(9-22-14)17(19,20)21)16(26)11-6-7-25-13(8-11)15(18)10(2)23-25/h4-9H,3H2,1-2H3. The van der Waals surface area contributed by atoms with Crippen molar-refractivity contribution in [3.63, 3.8) is 0 Å². The first-order valence-corrected chi connectivity index (χ1v) is 8.51. The van der Waals surface area contributed by atoms with Gasteiger partial charge in [0, 0.05) is 24.5 Å². The summed E-state index contributed by atoms with van der Waals surface area (Å²) in [5, 5.41) is 4.29. The van der Waals surface area contributed by atoms with Crippen molar-refractivity contribution in [3.8, 4) is 0 Å². The molecule has 0 aromatic carbocycles. The van der Waals surface area contributed by atoms with E-state index in [4.69, 9.17) is 0 Å².